The number of rotatable bonds is 7. The van der Waals surface area contributed by atoms with Gasteiger partial charge in [0.05, 0.1) is 4.90 Å². The highest BCUT2D eigenvalue weighted by molar-refractivity contribution is 7.89. The Morgan fingerprint density at radius 3 is 2.48 bits per heavy atom. The first-order valence-corrected chi connectivity index (χ1v) is 11.1. The Morgan fingerprint density at radius 2 is 1.89 bits per heavy atom. The van der Waals surface area contributed by atoms with E-state index in [1.807, 2.05) is 11.8 Å². The fourth-order valence-corrected chi connectivity index (χ4v) is 4.78. The molecule has 0 bridgehead atoms. The summed E-state index contributed by atoms with van der Waals surface area (Å²) < 4.78 is 27.7. The van der Waals surface area contributed by atoms with E-state index in [-0.39, 0.29) is 35.3 Å². The highest BCUT2D eigenvalue weighted by atomic mass is 35.5. The molecule has 2 aliphatic rings. The van der Waals surface area contributed by atoms with Crippen molar-refractivity contribution in [3.05, 3.63) is 29.3 Å². The molecule has 0 atom stereocenters. The normalized spacial score (nSPS) is 18.0. The molecule has 1 amide bonds. The number of hydrogen-bond donors (Lipinski definition) is 2. The quantitative estimate of drug-likeness (QED) is 0.717. The summed E-state index contributed by atoms with van der Waals surface area (Å²) in [6.07, 6.45) is 4.53. The van der Waals surface area contributed by atoms with Crippen LogP contribution < -0.4 is 10.0 Å². The lowest BCUT2D eigenvalue weighted by molar-refractivity contribution is 0.0641. The van der Waals surface area contributed by atoms with Crippen molar-refractivity contribution in [1.29, 1.82) is 0 Å². The average Bonchev–Trinajstić information content (AvgIpc) is 3.43. The van der Waals surface area contributed by atoms with Gasteiger partial charge >= 0.3 is 0 Å². The van der Waals surface area contributed by atoms with Crippen LogP contribution in [0.25, 0.3) is 0 Å². The maximum Gasteiger partial charge on any atom is 0.254 e. The Balaban J connectivity index is 0.00000261. The molecule has 0 unspecified atom stereocenters. The van der Waals surface area contributed by atoms with Crippen molar-refractivity contribution in [3.63, 3.8) is 0 Å². The molecule has 1 aromatic carbocycles. The standard InChI is InChI=1S/C19H29N3O3S.ClH/c1-3-12-22(16-8-10-20-11-9-16)19(23)18-13-17(7-4-14(18)2)26(24,25)21-15-5-6-15;/h4,7,13,15-16,20-21H,3,5-6,8-12H2,1-2H3;1H. The van der Waals surface area contributed by atoms with Gasteiger partial charge in [-0.25, -0.2) is 13.1 Å². The van der Waals surface area contributed by atoms with Crippen molar-refractivity contribution in [1.82, 2.24) is 14.9 Å². The van der Waals surface area contributed by atoms with Crippen molar-refractivity contribution in [2.75, 3.05) is 19.6 Å². The van der Waals surface area contributed by atoms with E-state index in [1.54, 1.807) is 18.2 Å². The number of halogens is 1. The predicted molar refractivity (Wildman–Crippen MR) is 109 cm³/mol. The molecule has 0 aromatic heterocycles. The van der Waals surface area contributed by atoms with Crippen LogP contribution in [0.1, 0.15) is 54.9 Å². The van der Waals surface area contributed by atoms with Crippen molar-refractivity contribution in [2.45, 2.75) is 62.9 Å². The van der Waals surface area contributed by atoms with E-state index in [0.29, 0.717) is 12.1 Å². The summed E-state index contributed by atoms with van der Waals surface area (Å²) in [5.41, 5.74) is 1.31. The zero-order valence-corrected chi connectivity index (χ0v) is 17.7. The van der Waals surface area contributed by atoms with E-state index < -0.39 is 10.0 Å². The van der Waals surface area contributed by atoms with Crippen LogP contribution in [-0.4, -0.2) is 50.9 Å². The number of carbonyl (C=O) groups is 1. The Hall–Kier alpha value is -1.15. The second-order valence-corrected chi connectivity index (χ2v) is 9.07. The molecule has 0 radical (unpaired) electrons. The first-order valence-electron chi connectivity index (χ1n) is 9.57. The predicted octanol–water partition coefficient (Wildman–Crippen LogP) is 2.46. The van der Waals surface area contributed by atoms with Gasteiger partial charge in [-0.3, -0.25) is 4.79 Å². The summed E-state index contributed by atoms with van der Waals surface area (Å²) in [6, 6.07) is 5.14. The molecule has 1 aliphatic heterocycles. The van der Waals surface area contributed by atoms with Crippen LogP contribution >= 0.6 is 12.4 Å². The minimum Gasteiger partial charge on any atom is -0.336 e. The van der Waals surface area contributed by atoms with E-state index >= 15 is 0 Å². The number of amides is 1. The number of nitrogens with zero attached hydrogens (tertiary/aromatic N) is 1. The molecule has 1 aliphatic carbocycles. The van der Waals surface area contributed by atoms with Gasteiger partial charge in [0.25, 0.3) is 5.91 Å². The summed E-state index contributed by atoms with van der Waals surface area (Å²) >= 11 is 0. The van der Waals surface area contributed by atoms with Crippen molar-refractivity contribution in [3.8, 4) is 0 Å². The van der Waals surface area contributed by atoms with Gasteiger partial charge in [0, 0.05) is 24.2 Å². The fourth-order valence-electron chi connectivity index (χ4n) is 3.45. The van der Waals surface area contributed by atoms with Gasteiger partial charge in [-0.05, 0) is 69.8 Å². The monoisotopic (exact) mass is 415 g/mol. The largest absolute Gasteiger partial charge is 0.336 e. The van der Waals surface area contributed by atoms with Crippen LogP contribution in [0.5, 0.6) is 0 Å². The molecule has 152 valence electrons. The first-order chi connectivity index (χ1) is 12.4. The summed E-state index contributed by atoms with van der Waals surface area (Å²) in [7, 11) is -3.56. The van der Waals surface area contributed by atoms with E-state index in [9.17, 15) is 13.2 Å². The van der Waals surface area contributed by atoms with Gasteiger partial charge in [0.2, 0.25) is 10.0 Å². The van der Waals surface area contributed by atoms with Crippen molar-refractivity contribution >= 4 is 28.3 Å². The molecule has 1 saturated carbocycles. The van der Waals surface area contributed by atoms with Gasteiger partial charge in [-0.15, -0.1) is 12.4 Å². The van der Waals surface area contributed by atoms with Crippen molar-refractivity contribution < 1.29 is 13.2 Å². The molecule has 2 N–H and O–H groups in total. The summed E-state index contributed by atoms with van der Waals surface area (Å²) in [5, 5.41) is 3.33. The molecular weight excluding hydrogens is 386 g/mol. The third-order valence-electron chi connectivity index (χ3n) is 5.12. The molecule has 3 rings (SSSR count). The highest BCUT2D eigenvalue weighted by Crippen LogP contribution is 2.24. The zero-order chi connectivity index (χ0) is 18.7. The Bertz CT molecular complexity index is 759. The maximum atomic E-state index is 13.3. The number of sulfonamides is 1. The van der Waals surface area contributed by atoms with Gasteiger partial charge in [-0.2, -0.15) is 0 Å². The third-order valence-corrected chi connectivity index (χ3v) is 6.64. The minimum atomic E-state index is -3.56. The smallest absolute Gasteiger partial charge is 0.254 e. The minimum absolute atomic E-state index is 0. The Kier molecular flexibility index (Phi) is 7.68. The van der Waals surface area contributed by atoms with Gasteiger partial charge in [-0.1, -0.05) is 13.0 Å². The maximum absolute atomic E-state index is 13.3. The average molecular weight is 416 g/mol. The van der Waals surface area contributed by atoms with Gasteiger partial charge in [0.1, 0.15) is 0 Å². The molecule has 0 spiro atoms. The number of hydrogen-bond acceptors (Lipinski definition) is 4. The number of benzene rings is 1. The number of nitrogens with one attached hydrogen (secondary N) is 2. The second kappa shape index (κ2) is 9.37. The summed E-state index contributed by atoms with van der Waals surface area (Å²) in [5.74, 6) is -0.0558. The van der Waals surface area contributed by atoms with E-state index in [4.69, 9.17) is 0 Å². The number of carbonyl (C=O) groups excluding carboxylic acids is 1. The number of piperidine rings is 1. The van der Waals surface area contributed by atoms with E-state index in [2.05, 4.69) is 17.0 Å². The molecule has 2 fully saturated rings. The first kappa shape index (κ1) is 22.1. The lowest BCUT2D eigenvalue weighted by atomic mass is 10.0. The molecule has 8 heteroatoms. The van der Waals surface area contributed by atoms with Crippen LogP contribution in [0.2, 0.25) is 0 Å². The van der Waals surface area contributed by atoms with Crippen LogP contribution in [0.4, 0.5) is 0 Å². The van der Waals surface area contributed by atoms with Gasteiger partial charge in [0.15, 0.2) is 0 Å². The van der Waals surface area contributed by atoms with Crippen LogP contribution in [0.15, 0.2) is 23.1 Å². The van der Waals surface area contributed by atoms with Crippen LogP contribution in [0, 0.1) is 6.92 Å². The molecule has 1 heterocycles. The molecule has 1 aromatic rings. The Labute approximate surface area is 168 Å². The third kappa shape index (κ3) is 5.44. The highest BCUT2D eigenvalue weighted by Gasteiger charge is 2.30. The van der Waals surface area contributed by atoms with E-state index in [0.717, 1.165) is 50.8 Å². The molecule has 27 heavy (non-hydrogen) atoms. The second-order valence-electron chi connectivity index (χ2n) is 7.35. The number of aryl methyl sites for hydroxylation is 1. The summed E-state index contributed by atoms with van der Waals surface area (Å²) in [6.45, 7) is 6.45. The van der Waals surface area contributed by atoms with Crippen LogP contribution in [0.3, 0.4) is 0 Å². The molecule has 6 nitrogen and oxygen atoms in total. The SMILES string of the molecule is CCCN(C(=O)c1cc(S(=O)(=O)NC2CC2)ccc1C)C1CCNCC1.Cl. The molecule has 1 saturated heterocycles. The van der Waals surface area contributed by atoms with Crippen molar-refractivity contribution in [2.24, 2.45) is 0 Å². The van der Waals surface area contributed by atoms with Crippen LogP contribution in [-0.2, 0) is 10.0 Å². The fraction of sp³-hybridized carbons (Fsp3) is 0.632. The Morgan fingerprint density at radius 1 is 1.22 bits per heavy atom. The summed E-state index contributed by atoms with van der Waals surface area (Å²) in [4.78, 5) is 15.4. The van der Waals surface area contributed by atoms with Gasteiger partial charge < -0.3 is 10.2 Å². The zero-order valence-electron chi connectivity index (χ0n) is 16.0. The lowest BCUT2D eigenvalue weighted by Gasteiger charge is -2.35. The lowest BCUT2D eigenvalue weighted by Crippen LogP contribution is -2.46. The topological polar surface area (TPSA) is 78.5 Å². The van der Waals surface area contributed by atoms with E-state index in [1.165, 1.54) is 0 Å². The molecular formula is C19H30ClN3O3S.